The molecule has 0 aliphatic heterocycles. The van der Waals surface area contributed by atoms with Gasteiger partial charge in [0.2, 0.25) is 6.54 Å². The minimum absolute atomic E-state index is 0.533. The molecule has 52 valence electrons. The second-order valence-electron chi connectivity index (χ2n) is 2.11. The number of hydrogen-bond donors (Lipinski definition) is 1. The first kappa shape index (κ1) is 6.81. The fourth-order valence-corrected chi connectivity index (χ4v) is 0.801. The molecule has 0 spiro atoms. The molecule has 0 amide bonds. The molecule has 1 heterocycles. The van der Waals surface area contributed by atoms with Gasteiger partial charge < -0.3 is 9.83 Å². The topological polar surface area (TPSA) is 33.0 Å². The van der Waals surface area contributed by atoms with Crippen LogP contribution in [0, 0.1) is 13.5 Å². The van der Waals surface area contributed by atoms with Gasteiger partial charge in [-0.25, -0.2) is 11.6 Å². The number of aryl methyl sites for hydroxylation is 1. The number of aromatic nitrogens is 2. The van der Waals surface area contributed by atoms with Crippen LogP contribution in [0.3, 0.4) is 0 Å². The van der Waals surface area contributed by atoms with Gasteiger partial charge in [-0.15, -0.1) is 0 Å². The molecule has 3 nitrogen and oxygen atoms in total. The summed E-state index contributed by atoms with van der Waals surface area (Å²) in [4.78, 5) is 10.3. The standard InChI is InChI=1S/C7H9N3/c1-6-7(3-4-8-2)10-5-9-6/h5H,3-4H2,1H3,(H,9,10). The molecule has 0 aliphatic carbocycles. The van der Waals surface area contributed by atoms with Crippen molar-refractivity contribution in [3.05, 3.63) is 29.1 Å². The zero-order valence-corrected chi connectivity index (χ0v) is 5.89. The molecular weight excluding hydrogens is 126 g/mol. The van der Waals surface area contributed by atoms with Crippen molar-refractivity contribution >= 4 is 0 Å². The Kier molecular flexibility index (Phi) is 2.06. The predicted octanol–water partition coefficient (Wildman–Crippen LogP) is 1.18. The van der Waals surface area contributed by atoms with Crippen molar-refractivity contribution < 1.29 is 0 Å². The number of nitrogens with zero attached hydrogens (tertiary/aromatic N) is 2. The summed E-state index contributed by atoms with van der Waals surface area (Å²) in [5.41, 5.74) is 2.08. The molecule has 1 rings (SSSR count). The van der Waals surface area contributed by atoms with E-state index in [1.165, 1.54) is 0 Å². The number of rotatable bonds is 2. The number of aromatic amines is 1. The van der Waals surface area contributed by atoms with Gasteiger partial charge >= 0.3 is 0 Å². The third-order valence-electron chi connectivity index (χ3n) is 1.39. The molecule has 0 atom stereocenters. The quantitative estimate of drug-likeness (QED) is 0.607. The monoisotopic (exact) mass is 135 g/mol. The Hall–Kier alpha value is -1.30. The summed E-state index contributed by atoms with van der Waals surface area (Å²) in [6.45, 7) is 9.06. The molecule has 0 aliphatic rings. The lowest BCUT2D eigenvalue weighted by Gasteiger charge is -1.88. The molecular formula is C7H9N3. The van der Waals surface area contributed by atoms with Crippen molar-refractivity contribution in [2.75, 3.05) is 6.54 Å². The molecule has 0 fully saturated rings. The summed E-state index contributed by atoms with van der Waals surface area (Å²) in [6.07, 6.45) is 2.42. The third kappa shape index (κ3) is 1.35. The largest absolute Gasteiger partial charge is 0.348 e. The highest BCUT2D eigenvalue weighted by molar-refractivity contribution is 5.09. The van der Waals surface area contributed by atoms with Gasteiger partial charge in [0.25, 0.3) is 0 Å². The average Bonchev–Trinajstić information content (AvgIpc) is 2.31. The van der Waals surface area contributed by atoms with E-state index in [4.69, 9.17) is 6.57 Å². The van der Waals surface area contributed by atoms with E-state index in [1.54, 1.807) is 6.33 Å². The van der Waals surface area contributed by atoms with Crippen molar-refractivity contribution in [2.24, 2.45) is 0 Å². The van der Waals surface area contributed by atoms with Crippen molar-refractivity contribution in [3.63, 3.8) is 0 Å². The number of hydrogen-bond acceptors (Lipinski definition) is 1. The van der Waals surface area contributed by atoms with Crippen molar-refractivity contribution in [3.8, 4) is 0 Å². The molecule has 0 bridgehead atoms. The molecule has 0 unspecified atom stereocenters. The Morgan fingerprint density at radius 2 is 2.60 bits per heavy atom. The third-order valence-corrected chi connectivity index (χ3v) is 1.39. The van der Waals surface area contributed by atoms with Crippen LogP contribution in [0.4, 0.5) is 0 Å². The maximum Gasteiger partial charge on any atom is 0.220 e. The van der Waals surface area contributed by atoms with Crippen LogP contribution in [-0.2, 0) is 6.42 Å². The Balaban J connectivity index is 2.59. The van der Waals surface area contributed by atoms with E-state index in [2.05, 4.69) is 14.8 Å². The highest BCUT2D eigenvalue weighted by Crippen LogP contribution is 2.00. The van der Waals surface area contributed by atoms with E-state index < -0.39 is 0 Å². The van der Waals surface area contributed by atoms with Crippen LogP contribution in [0.1, 0.15) is 11.4 Å². The molecule has 0 saturated carbocycles. The van der Waals surface area contributed by atoms with Crippen molar-refractivity contribution in [1.82, 2.24) is 9.97 Å². The maximum absolute atomic E-state index is 6.56. The average molecular weight is 135 g/mol. The zero-order valence-electron chi connectivity index (χ0n) is 5.89. The number of nitrogens with one attached hydrogen (secondary N) is 1. The summed E-state index contributed by atoms with van der Waals surface area (Å²) >= 11 is 0. The lowest BCUT2D eigenvalue weighted by molar-refractivity contribution is 1.00. The Morgan fingerprint density at radius 3 is 3.10 bits per heavy atom. The lowest BCUT2D eigenvalue weighted by atomic mass is 10.3. The molecule has 0 aromatic carbocycles. The number of H-pyrrole nitrogens is 1. The van der Waals surface area contributed by atoms with Crippen molar-refractivity contribution in [2.45, 2.75) is 13.3 Å². The molecule has 0 radical (unpaired) electrons. The van der Waals surface area contributed by atoms with Gasteiger partial charge in [0.1, 0.15) is 0 Å². The summed E-state index contributed by atoms with van der Waals surface area (Å²) in [6, 6.07) is 0. The van der Waals surface area contributed by atoms with Gasteiger partial charge in [-0.3, -0.25) is 0 Å². The molecule has 1 aromatic rings. The Labute approximate surface area is 59.9 Å². The fourth-order valence-electron chi connectivity index (χ4n) is 0.801. The second-order valence-corrected chi connectivity index (χ2v) is 2.11. The van der Waals surface area contributed by atoms with Gasteiger partial charge in [-0.05, 0) is 6.92 Å². The van der Waals surface area contributed by atoms with Crippen LogP contribution in [0.2, 0.25) is 0 Å². The summed E-state index contributed by atoms with van der Waals surface area (Å²) < 4.78 is 0. The van der Waals surface area contributed by atoms with E-state index in [1.807, 2.05) is 6.92 Å². The second kappa shape index (κ2) is 3.02. The highest BCUT2D eigenvalue weighted by Gasteiger charge is 2.00. The normalized spacial score (nSPS) is 9.20. The summed E-state index contributed by atoms with van der Waals surface area (Å²) in [5.74, 6) is 0. The minimum Gasteiger partial charge on any atom is -0.348 e. The first-order chi connectivity index (χ1) is 4.84. The molecule has 0 saturated heterocycles. The van der Waals surface area contributed by atoms with Gasteiger partial charge in [0.15, 0.2) is 0 Å². The lowest BCUT2D eigenvalue weighted by Crippen LogP contribution is -1.89. The molecule has 1 N–H and O–H groups in total. The first-order valence-corrected chi connectivity index (χ1v) is 3.16. The minimum atomic E-state index is 0.533. The molecule has 1 aromatic heterocycles. The Morgan fingerprint density at radius 1 is 1.80 bits per heavy atom. The summed E-state index contributed by atoms with van der Waals surface area (Å²) in [7, 11) is 0. The first-order valence-electron chi connectivity index (χ1n) is 3.16. The van der Waals surface area contributed by atoms with Crippen LogP contribution in [-0.4, -0.2) is 16.5 Å². The van der Waals surface area contributed by atoms with Crippen LogP contribution < -0.4 is 0 Å². The SMILES string of the molecule is [C-]#[N+]CCc1nc[nH]c1C. The van der Waals surface area contributed by atoms with Crippen LogP contribution in [0.5, 0.6) is 0 Å². The zero-order chi connectivity index (χ0) is 7.40. The van der Waals surface area contributed by atoms with E-state index in [-0.39, 0.29) is 0 Å². The predicted molar refractivity (Wildman–Crippen MR) is 38.5 cm³/mol. The molecule has 3 heteroatoms. The van der Waals surface area contributed by atoms with E-state index in [0.717, 1.165) is 17.8 Å². The van der Waals surface area contributed by atoms with Crippen LogP contribution in [0.25, 0.3) is 4.85 Å². The van der Waals surface area contributed by atoms with E-state index in [9.17, 15) is 0 Å². The molecule has 10 heavy (non-hydrogen) atoms. The van der Waals surface area contributed by atoms with Crippen LogP contribution in [0.15, 0.2) is 6.33 Å². The van der Waals surface area contributed by atoms with E-state index in [0.29, 0.717) is 6.54 Å². The van der Waals surface area contributed by atoms with Gasteiger partial charge in [-0.2, -0.15) is 0 Å². The van der Waals surface area contributed by atoms with Gasteiger partial charge in [0, 0.05) is 5.69 Å². The summed E-state index contributed by atoms with van der Waals surface area (Å²) in [5, 5.41) is 0. The van der Waals surface area contributed by atoms with Crippen molar-refractivity contribution in [1.29, 1.82) is 0 Å². The van der Waals surface area contributed by atoms with Gasteiger partial charge in [0.05, 0.1) is 18.4 Å². The smallest absolute Gasteiger partial charge is 0.220 e. The Bertz CT molecular complexity index is 244. The number of imidazole rings is 1. The maximum atomic E-state index is 6.56. The van der Waals surface area contributed by atoms with E-state index >= 15 is 0 Å². The fraction of sp³-hybridized carbons (Fsp3) is 0.429. The highest BCUT2D eigenvalue weighted by atomic mass is 14.9. The van der Waals surface area contributed by atoms with Crippen LogP contribution >= 0.6 is 0 Å². The van der Waals surface area contributed by atoms with Gasteiger partial charge in [-0.1, -0.05) is 0 Å².